The molecule has 0 saturated heterocycles. The van der Waals surface area contributed by atoms with E-state index in [0.717, 1.165) is 5.56 Å². The molecule has 22 heavy (non-hydrogen) atoms. The van der Waals surface area contributed by atoms with Gasteiger partial charge in [-0.05, 0) is 48.0 Å². The summed E-state index contributed by atoms with van der Waals surface area (Å²) in [6.07, 6.45) is 5.32. The molecule has 6 nitrogen and oxygen atoms in total. The highest BCUT2D eigenvalue weighted by atomic mass is 79.9. The predicted octanol–water partition coefficient (Wildman–Crippen LogP) is 3.19. The summed E-state index contributed by atoms with van der Waals surface area (Å²) in [6, 6.07) is 6.20. The minimum atomic E-state index is -0.520. The first kappa shape index (κ1) is 16.1. The molecule has 0 unspecified atom stereocenters. The van der Waals surface area contributed by atoms with Crippen LogP contribution in [0.2, 0.25) is 0 Å². The molecule has 0 aliphatic heterocycles. The zero-order valence-corrected chi connectivity index (χ0v) is 13.9. The van der Waals surface area contributed by atoms with Crippen LogP contribution < -0.4 is 0 Å². The number of halogens is 1. The first-order chi connectivity index (χ1) is 10.7. The second kappa shape index (κ2) is 7.68. The van der Waals surface area contributed by atoms with Gasteiger partial charge in [0.05, 0.1) is 12.6 Å². The molecule has 0 aliphatic rings. The van der Waals surface area contributed by atoms with E-state index in [1.165, 1.54) is 0 Å². The van der Waals surface area contributed by atoms with Gasteiger partial charge in [0.25, 0.3) is 0 Å². The lowest BCUT2D eigenvalue weighted by atomic mass is 10.2. The van der Waals surface area contributed by atoms with E-state index in [-0.39, 0.29) is 12.3 Å². The Hall–Kier alpha value is -2.24. The van der Waals surface area contributed by atoms with Crippen molar-refractivity contribution in [2.75, 3.05) is 13.2 Å². The quantitative estimate of drug-likeness (QED) is 0.465. The van der Waals surface area contributed by atoms with Gasteiger partial charge >= 0.3 is 5.97 Å². The van der Waals surface area contributed by atoms with Crippen LogP contribution in [0.1, 0.15) is 19.4 Å². The zero-order valence-electron chi connectivity index (χ0n) is 12.3. The number of esters is 1. The minimum Gasteiger partial charge on any atom is -0.461 e. The Labute approximate surface area is 136 Å². The SMILES string of the molecule is CCN=C=N/C(=C/c1cccn2cc(Br)nc12)C(=O)OCC. The Morgan fingerprint density at radius 1 is 1.55 bits per heavy atom. The topological polar surface area (TPSA) is 68.3 Å². The number of aromatic nitrogens is 2. The van der Waals surface area contributed by atoms with Crippen LogP contribution in [0.25, 0.3) is 11.7 Å². The molecular formula is C15H15BrN4O2. The molecule has 2 aromatic heterocycles. The van der Waals surface area contributed by atoms with E-state index in [1.807, 2.05) is 35.9 Å². The third-order valence-electron chi connectivity index (χ3n) is 2.66. The number of rotatable bonds is 5. The molecule has 114 valence electrons. The average Bonchev–Trinajstić information content (AvgIpc) is 2.88. The Morgan fingerprint density at radius 3 is 3.09 bits per heavy atom. The molecule has 0 radical (unpaired) electrons. The summed E-state index contributed by atoms with van der Waals surface area (Å²) < 4.78 is 7.57. The van der Waals surface area contributed by atoms with Crippen molar-refractivity contribution in [2.24, 2.45) is 9.98 Å². The van der Waals surface area contributed by atoms with Gasteiger partial charge in [-0.25, -0.2) is 14.8 Å². The van der Waals surface area contributed by atoms with Crippen molar-refractivity contribution in [3.8, 4) is 0 Å². The maximum Gasteiger partial charge on any atom is 0.357 e. The summed E-state index contributed by atoms with van der Waals surface area (Å²) in [4.78, 5) is 24.2. The molecule has 2 aromatic rings. The van der Waals surface area contributed by atoms with E-state index >= 15 is 0 Å². The summed E-state index contributed by atoms with van der Waals surface area (Å²) in [6.45, 7) is 4.42. The van der Waals surface area contributed by atoms with Crippen LogP contribution in [0.3, 0.4) is 0 Å². The van der Waals surface area contributed by atoms with Gasteiger partial charge in [-0.1, -0.05) is 0 Å². The Morgan fingerprint density at radius 2 is 2.36 bits per heavy atom. The fourth-order valence-electron chi connectivity index (χ4n) is 1.77. The fourth-order valence-corrected chi connectivity index (χ4v) is 2.16. The molecule has 0 atom stereocenters. The van der Waals surface area contributed by atoms with Crippen molar-refractivity contribution in [3.05, 3.63) is 40.4 Å². The van der Waals surface area contributed by atoms with Gasteiger partial charge in [0.2, 0.25) is 0 Å². The number of aliphatic imine (C=N–C) groups is 2. The van der Waals surface area contributed by atoms with Gasteiger partial charge in [0.1, 0.15) is 10.3 Å². The molecule has 0 saturated carbocycles. The Balaban J connectivity index is 2.50. The maximum absolute atomic E-state index is 12.0. The Bertz CT molecular complexity index is 769. The van der Waals surface area contributed by atoms with Crippen molar-refractivity contribution in [1.82, 2.24) is 9.38 Å². The normalized spacial score (nSPS) is 11.1. The minimum absolute atomic E-state index is 0.131. The second-order valence-electron chi connectivity index (χ2n) is 4.19. The lowest BCUT2D eigenvalue weighted by molar-refractivity contribution is -0.138. The lowest BCUT2D eigenvalue weighted by Crippen LogP contribution is -2.06. The van der Waals surface area contributed by atoms with E-state index in [0.29, 0.717) is 16.8 Å². The molecule has 0 fully saturated rings. The van der Waals surface area contributed by atoms with Gasteiger partial charge in [0, 0.05) is 24.5 Å². The van der Waals surface area contributed by atoms with Crippen LogP contribution in [0, 0.1) is 0 Å². The van der Waals surface area contributed by atoms with Gasteiger partial charge in [-0.3, -0.25) is 0 Å². The maximum atomic E-state index is 12.0. The van der Waals surface area contributed by atoms with E-state index in [9.17, 15) is 4.79 Å². The summed E-state index contributed by atoms with van der Waals surface area (Å²) in [7, 11) is 0. The number of fused-ring (bicyclic) bond motifs is 1. The highest BCUT2D eigenvalue weighted by Crippen LogP contribution is 2.18. The number of nitrogens with zero attached hydrogens (tertiary/aromatic N) is 4. The summed E-state index contributed by atoms with van der Waals surface area (Å²) >= 11 is 3.34. The van der Waals surface area contributed by atoms with E-state index in [2.05, 4.69) is 36.9 Å². The molecule has 7 heteroatoms. The predicted molar refractivity (Wildman–Crippen MR) is 87.9 cm³/mol. The molecule has 0 N–H and O–H groups in total. The van der Waals surface area contributed by atoms with Crippen LogP contribution >= 0.6 is 15.9 Å². The largest absolute Gasteiger partial charge is 0.461 e. The molecular weight excluding hydrogens is 348 g/mol. The standard InChI is InChI=1S/C15H15BrN4O2/c1-3-17-10-18-12(15(21)22-4-2)8-11-6-5-7-20-9-13(16)19-14(11)20/h5-9H,3-4H2,1-2H3/b12-8+. The van der Waals surface area contributed by atoms with Crippen LogP contribution in [0.4, 0.5) is 0 Å². The number of carbonyl (C=O) groups is 1. The molecule has 0 amide bonds. The number of imidazole rings is 1. The molecule has 2 rings (SSSR count). The number of hydrogen-bond acceptors (Lipinski definition) is 5. The van der Waals surface area contributed by atoms with Gasteiger partial charge in [0.15, 0.2) is 5.70 Å². The summed E-state index contributed by atoms with van der Waals surface area (Å²) in [5.74, 6) is -0.520. The number of carbonyl (C=O) groups excluding carboxylic acids is 1. The average molecular weight is 363 g/mol. The second-order valence-corrected chi connectivity index (χ2v) is 5.01. The van der Waals surface area contributed by atoms with Crippen molar-refractivity contribution in [1.29, 1.82) is 0 Å². The third kappa shape index (κ3) is 3.90. The fraction of sp³-hybridized carbons (Fsp3) is 0.267. The van der Waals surface area contributed by atoms with Crippen LogP contribution in [0.5, 0.6) is 0 Å². The van der Waals surface area contributed by atoms with Crippen molar-refractivity contribution < 1.29 is 9.53 Å². The molecule has 0 aromatic carbocycles. The first-order valence-electron chi connectivity index (χ1n) is 6.80. The van der Waals surface area contributed by atoms with Crippen molar-refractivity contribution >= 4 is 39.6 Å². The number of pyridine rings is 1. The van der Waals surface area contributed by atoms with Crippen LogP contribution in [0.15, 0.2) is 44.8 Å². The van der Waals surface area contributed by atoms with Crippen molar-refractivity contribution in [3.63, 3.8) is 0 Å². The Kier molecular flexibility index (Phi) is 5.63. The summed E-state index contributed by atoms with van der Waals surface area (Å²) in [5, 5.41) is 0. The van der Waals surface area contributed by atoms with Gasteiger partial charge < -0.3 is 9.14 Å². The van der Waals surface area contributed by atoms with E-state index in [4.69, 9.17) is 4.74 Å². The molecule has 2 heterocycles. The lowest BCUT2D eigenvalue weighted by Gasteiger charge is -2.02. The molecule has 0 spiro atoms. The highest BCUT2D eigenvalue weighted by molar-refractivity contribution is 9.10. The van der Waals surface area contributed by atoms with Gasteiger partial charge in [-0.2, -0.15) is 4.99 Å². The third-order valence-corrected chi connectivity index (χ3v) is 3.04. The van der Waals surface area contributed by atoms with Crippen LogP contribution in [-0.2, 0) is 9.53 Å². The first-order valence-corrected chi connectivity index (χ1v) is 7.59. The molecule has 0 aliphatic carbocycles. The smallest absolute Gasteiger partial charge is 0.357 e. The zero-order chi connectivity index (χ0) is 15.9. The highest BCUT2D eigenvalue weighted by Gasteiger charge is 2.11. The molecule has 0 bridgehead atoms. The van der Waals surface area contributed by atoms with Crippen LogP contribution in [-0.4, -0.2) is 34.5 Å². The summed E-state index contributed by atoms with van der Waals surface area (Å²) in [5.41, 5.74) is 1.59. The van der Waals surface area contributed by atoms with Crippen molar-refractivity contribution in [2.45, 2.75) is 13.8 Å². The number of hydrogen-bond donors (Lipinski definition) is 0. The number of ether oxygens (including phenoxy) is 1. The van der Waals surface area contributed by atoms with E-state index < -0.39 is 5.97 Å². The van der Waals surface area contributed by atoms with E-state index in [1.54, 1.807) is 13.0 Å². The monoisotopic (exact) mass is 362 g/mol. The van der Waals surface area contributed by atoms with Gasteiger partial charge in [-0.15, -0.1) is 0 Å².